The van der Waals surface area contributed by atoms with Gasteiger partial charge in [-0.05, 0) is 70.6 Å². The summed E-state index contributed by atoms with van der Waals surface area (Å²) < 4.78 is 4.33. The van der Waals surface area contributed by atoms with Gasteiger partial charge in [-0.1, -0.05) is 103 Å². The molecule has 0 bridgehead atoms. The Kier molecular flexibility index (Phi) is 6.56. The highest BCUT2D eigenvalue weighted by Crippen LogP contribution is 2.42. The summed E-state index contributed by atoms with van der Waals surface area (Å²) >= 11 is 0. The normalized spacial score (nSPS) is 11.1. The smallest absolute Gasteiger partial charge is 0.211 e. The van der Waals surface area contributed by atoms with Gasteiger partial charge in [0, 0.05) is 21.7 Å². The van der Waals surface area contributed by atoms with E-state index in [0.717, 1.165) is 77.2 Å². The van der Waals surface area contributed by atoms with E-state index in [9.17, 15) is 10.5 Å². The maximum Gasteiger partial charge on any atom is 0.211 e. The lowest BCUT2D eigenvalue weighted by Gasteiger charge is -2.18. The minimum atomic E-state index is 0.517. The van der Waals surface area contributed by atoms with Gasteiger partial charge in [-0.2, -0.15) is 10.5 Å². The molecule has 230 valence electrons. The van der Waals surface area contributed by atoms with Gasteiger partial charge in [-0.15, -0.1) is 0 Å². The molecule has 7 aromatic carbocycles. The zero-order chi connectivity index (χ0) is 33.8. The molecule has 5 nitrogen and oxygen atoms in total. The summed E-state index contributed by atoms with van der Waals surface area (Å²) in [7, 11) is 0. The van der Waals surface area contributed by atoms with E-state index in [4.69, 9.17) is 6.57 Å². The van der Waals surface area contributed by atoms with Crippen LogP contribution in [0.5, 0.6) is 0 Å². The minimum absolute atomic E-state index is 0.517. The highest BCUT2D eigenvalue weighted by atomic mass is 15.0. The van der Waals surface area contributed by atoms with Crippen LogP contribution < -0.4 is 0 Å². The highest BCUT2D eigenvalue weighted by molar-refractivity contribution is 6.14. The average molecular weight is 636 g/mol. The van der Waals surface area contributed by atoms with E-state index in [-0.39, 0.29) is 0 Å². The summed E-state index contributed by atoms with van der Waals surface area (Å²) in [4.78, 5) is 3.85. The Morgan fingerprint density at radius 3 is 1.88 bits per heavy atom. The second kappa shape index (κ2) is 11.4. The molecule has 0 saturated heterocycles. The van der Waals surface area contributed by atoms with Gasteiger partial charge in [-0.25, -0.2) is 4.85 Å². The molecule has 0 aliphatic carbocycles. The van der Waals surface area contributed by atoms with E-state index in [2.05, 4.69) is 86.8 Å². The lowest BCUT2D eigenvalue weighted by Crippen LogP contribution is -1.99. The Hall–Kier alpha value is -7.39. The molecule has 0 atom stereocenters. The number of rotatable bonds is 4. The molecule has 0 aliphatic heterocycles. The standard InChI is InChI=1S/C45H25N5/c1-48-39-17-10-16-37-35-14-5-9-20-43(35)50(45(37)39)40-24-22-30(26-31(40)28-47)32-11-2-3-12-33(32)34-13-4-7-18-41(34)49-42-19-8-6-15-36(42)38-25-29(27-46)21-23-44(38)49/h2-26H. The maximum absolute atomic E-state index is 10.6. The molecular formula is C45H25N5. The van der Waals surface area contributed by atoms with Gasteiger partial charge in [-0.3, -0.25) is 0 Å². The summed E-state index contributed by atoms with van der Waals surface area (Å²) in [6.07, 6.45) is 0. The topological polar surface area (TPSA) is 61.8 Å². The van der Waals surface area contributed by atoms with Crippen LogP contribution in [0.4, 0.5) is 5.69 Å². The van der Waals surface area contributed by atoms with Gasteiger partial charge < -0.3 is 9.13 Å². The second-order valence-corrected chi connectivity index (χ2v) is 12.2. The quantitative estimate of drug-likeness (QED) is 0.181. The average Bonchev–Trinajstić information content (AvgIpc) is 3.70. The van der Waals surface area contributed by atoms with Gasteiger partial charge in [0.1, 0.15) is 6.07 Å². The zero-order valence-corrected chi connectivity index (χ0v) is 26.7. The molecule has 9 rings (SSSR count). The first-order valence-corrected chi connectivity index (χ1v) is 16.3. The molecule has 0 amide bonds. The zero-order valence-electron chi connectivity index (χ0n) is 26.7. The minimum Gasteiger partial charge on any atom is -0.318 e. The lowest BCUT2D eigenvalue weighted by atomic mass is 9.92. The summed E-state index contributed by atoms with van der Waals surface area (Å²) in [6.45, 7) is 7.92. The first-order chi connectivity index (χ1) is 24.7. The largest absolute Gasteiger partial charge is 0.318 e. The molecule has 0 radical (unpaired) electrons. The van der Waals surface area contributed by atoms with Crippen LogP contribution >= 0.6 is 0 Å². The van der Waals surface area contributed by atoms with Gasteiger partial charge in [0.2, 0.25) is 5.69 Å². The molecular weight excluding hydrogens is 611 g/mol. The van der Waals surface area contributed by atoms with E-state index >= 15 is 0 Å². The van der Waals surface area contributed by atoms with Crippen molar-refractivity contribution in [3.63, 3.8) is 0 Å². The van der Waals surface area contributed by atoms with E-state index in [0.29, 0.717) is 16.8 Å². The number of nitrogens with zero attached hydrogens (tertiary/aromatic N) is 5. The van der Waals surface area contributed by atoms with Crippen molar-refractivity contribution < 1.29 is 0 Å². The Labute approximate surface area is 288 Å². The third-order valence-corrected chi connectivity index (χ3v) is 9.63. The maximum atomic E-state index is 10.6. The van der Waals surface area contributed by atoms with Crippen LogP contribution in [0, 0.1) is 29.2 Å². The molecule has 2 aromatic heterocycles. The van der Waals surface area contributed by atoms with E-state index in [1.54, 1.807) is 0 Å². The third-order valence-electron chi connectivity index (χ3n) is 9.63. The van der Waals surface area contributed by atoms with Gasteiger partial charge in [0.15, 0.2) is 0 Å². The summed E-state index contributed by atoms with van der Waals surface area (Å²) in [5.74, 6) is 0. The Morgan fingerprint density at radius 1 is 0.480 bits per heavy atom. The van der Waals surface area contributed by atoms with Crippen molar-refractivity contribution in [2.75, 3.05) is 0 Å². The van der Waals surface area contributed by atoms with E-state index in [1.165, 1.54) is 0 Å². The summed E-state index contributed by atoms with van der Waals surface area (Å²) in [5.41, 5.74) is 11.3. The fraction of sp³-hybridized carbons (Fsp3) is 0. The number of fused-ring (bicyclic) bond motifs is 6. The van der Waals surface area contributed by atoms with Crippen molar-refractivity contribution in [1.29, 1.82) is 10.5 Å². The van der Waals surface area contributed by atoms with Crippen LogP contribution in [0.1, 0.15) is 11.1 Å². The van der Waals surface area contributed by atoms with E-state index in [1.807, 2.05) is 91.0 Å². The molecule has 0 fully saturated rings. The number of nitriles is 2. The Morgan fingerprint density at radius 2 is 1.12 bits per heavy atom. The molecule has 0 saturated carbocycles. The van der Waals surface area contributed by atoms with Gasteiger partial charge in [0.25, 0.3) is 0 Å². The molecule has 0 aliphatic rings. The van der Waals surface area contributed by atoms with Crippen LogP contribution in [0.3, 0.4) is 0 Å². The van der Waals surface area contributed by atoms with Crippen molar-refractivity contribution in [2.24, 2.45) is 0 Å². The van der Waals surface area contributed by atoms with Crippen LogP contribution in [-0.4, -0.2) is 9.13 Å². The predicted molar refractivity (Wildman–Crippen MR) is 202 cm³/mol. The monoisotopic (exact) mass is 635 g/mol. The lowest BCUT2D eigenvalue weighted by molar-refractivity contribution is 1.17. The molecule has 0 N–H and O–H groups in total. The number of benzene rings is 7. The van der Waals surface area contributed by atoms with Crippen molar-refractivity contribution in [3.8, 4) is 45.8 Å². The van der Waals surface area contributed by atoms with Gasteiger partial charge in [0.05, 0.1) is 57.2 Å². The molecule has 0 spiro atoms. The molecule has 9 aromatic rings. The van der Waals surface area contributed by atoms with Crippen LogP contribution in [0.15, 0.2) is 152 Å². The van der Waals surface area contributed by atoms with Crippen molar-refractivity contribution in [1.82, 2.24) is 9.13 Å². The van der Waals surface area contributed by atoms with Crippen molar-refractivity contribution >= 4 is 49.3 Å². The number of hydrogen-bond acceptors (Lipinski definition) is 2. The van der Waals surface area contributed by atoms with Gasteiger partial charge >= 0.3 is 0 Å². The van der Waals surface area contributed by atoms with Crippen molar-refractivity contribution in [3.05, 3.63) is 174 Å². The summed E-state index contributed by atoms with van der Waals surface area (Å²) in [5, 5.41) is 24.4. The first kappa shape index (κ1) is 28.8. The number of para-hydroxylation sites is 4. The van der Waals surface area contributed by atoms with Crippen molar-refractivity contribution in [2.45, 2.75) is 0 Å². The fourth-order valence-electron chi connectivity index (χ4n) is 7.50. The predicted octanol–water partition coefficient (Wildman–Crippen LogP) is 11.5. The van der Waals surface area contributed by atoms with E-state index < -0.39 is 0 Å². The molecule has 0 unspecified atom stereocenters. The highest BCUT2D eigenvalue weighted by Gasteiger charge is 2.20. The first-order valence-electron chi connectivity index (χ1n) is 16.3. The summed E-state index contributed by atoms with van der Waals surface area (Å²) in [6, 6.07) is 55.6. The number of aromatic nitrogens is 2. The Bertz CT molecular complexity index is 2970. The molecule has 50 heavy (non-hydrogen) atoms. The SMILES string of the molecule is [C-]#[N+]c1cccc2c3ccccc3n(-c3ccc(-c4ccccc4-c4ccccc4-n4c5ccccc5c5cc(C#N)ccc54)cc3C#N)c12. The second-order valence-electron chi connectivity index (χ2n) is 12.2. The Balaban J connectivity index is 1.25. The fourth-order valence-corrected chi connectivity index (χ4v) is 7.50. The van der Waals surface area contributed by atoms with Crippen LogP contribution in [0.25, 0.3) is 82.1 Å². The van der Waals surface area contributed by atoms with Crippen LogP contribution in [0.2, 0.25) is 0 Å². The molecule has 5 heteroatoms. The number of hydrogen-bond donors (Lipinski definition) is 0. The van der Waals surface area contributed by atoms with Crippen LogP contribution in [-0.2, 0) is 0 Å². The third kappa shape index (κ3) is 4.24. The molecule has 2 heterocycles.